The lowest BCUT2D eigenvalue weighted by Gasteiger charge is -2.01. The summed E-state index contributed by atoms with van der Waals surface area (Å²) < 4.78 is 0. The van der Waals surface area contributed by atoms with Gasteiger partial charge in [0, 0.05) is 5.88 Å². The van der Waals surface area contributed by atoms with Crippen molar-refractivity contribution >= 4 is 24.0 Å². The fourth-order valence-electron chi connectivity index (χ4n) is 1.12. The van der Waals surface area contributed by atoms with E-state index in [2.05, 4.69) is 5.32 Å². The van der Waals surface area contributed by atoms with Crippen molar-refractivity contribution in [3.8, 4) is 0 Å². The van der Waals surface area contributed by atoms with Gasteiger partial charge in [0.2, 0.25) is 0 Å². The fourth-order valence-corrected chi connectivity index (χ4v) is 1.42. The second-order valence-corrected chi connectivity index (χ2v) is 2.71. The van der Waals surface area contributed by atoms with E-state index < -0.39 is 0 Å². The van der Waals surface area contributed by atoms with Crippen LogP contribution in [0.3, 0.4) is 0 Å². The molecule has 1 atom stereocenters. The van der Waals surface area contributed by atoms with E-state index in [9.17, 15) is 0 Å². The summed E-state index contributed by atoms with van der Waals surface area (Å²) in [7, 11) is 0. The molecular weight excluding hydrogens is 157 g/mol. The van der Waals surface area contributed by atoms with E-state index in [-0.39, 0.29) is 12.4 Å². The average molecular weight is 170 g/mol. The second kappa shape index (κ2) is 5.33. The molecule has 3 heteroatoms. The van der Waals surface area contributed by atoms with Crippen LogP contribution in [0.15, 0.2) is 0 Å². The molecule has 0 aromatic heterocycles. The first-order valence-corrected chi connectivity index (χ1v) is 3.73. The van der Waals surface area contributed by atoms with E-state index >= 15 is 0 Å². The average Bonchev–Trinajstić information content (AvgIpc) is 2.19. The van der Waals surface area contributed by atoms with Crippen molar-refractivity contribution in [3.05, 3.63) is 0 Å². The SMILES string of the molecule is Cl.ClCCC1CCNC1. The summed E-state index contributed by atoms with van der Waals surface area (Å²) >= 11 is 5.55. The Morgan fingerprint density at radius 3 is 2.78 bits per heavy atom. The Hall–Kier alpha value is 0.540. The van der Waals surface area contributed by atoms with Gasteiger partial charge >= 0.3 is 0 Å². The van der Waals surface area contributed by atoms with Gasteiger partial charge in [-0.1, -0.05) is 0 Å². The maximum Gasteiger partial charge on any atom is 0.0226 e. The van der Waals surface area contributed by atoms with Gasteiger partial charge in [0.1, 0.15) is 0 Å². The normalized spacial score (nSPS) is 25.7. The Morgan fingerprint density at radius 2 is 2.33 bits per heavy atom. The molecule has 1 fully saturated rings. The molecule has 1 rings (SSSR count). The highest BCUT2D eigenvalue weighted by Crippen LogP contribution is 2.11. The number of nitrogens with one attached hydrogen (secondary N) is 1. The minimum Gasteiger partial charge on any atom is -0.316 e. The van der Waals surface area contributed by atoms with Gasteiger partial charge in [0.15, 0.2) is 0 Å². The third-order valence-corrected chi connectivity index (χ3v) is 1.90. The summed E-state index contributed by atoms with van der Waals surface area (Å²) in [6.45, 7) is 2.38. The highest BCUT2D eigenvalue weighted by Gasteiger charge is 2.12. The first-order valence-electron chi connectivity index (χ1n) is 3.20. The molecule has 0 bridgehead atoms. The van der Waals surface area contributed by atoms with Gasteiger partial charge in [-0.2, -0.15) is 0 Å². The van der Waals surface area contributed by atoms with Gasteiger partial charge in [-0.3, -0.25) is 0 Å². The maximum absolute atomic E-state index is 5.55. The van der Waals surface area contributed by atoms with Crippen molar-refractivity contribution in [1.29, 1.82) is 0 Å². The monoisotopic (exact) mass is 169 g/mol. The predicted molar refractivity (Wildman–Crippen MR) is 43.6 cm³/mol. The molecule has 0 aliphatic carbocycles. The van der Waals surface area contributed by atoms with Crippen molar-refractivity contribution in [2.45, 2.75) is 12.8 Å². The Balaban J connectivity index is 0.000000640. The Labute approximate surface area is 67.6 Å². The zero-order chi connectivity index (χ0) is 5.82. The molecule has 0 amide bonds. The third kappa shape index (κ3) is 3.29. The molecule has 0 aromatic rings. The summed E-state index contributed by atoms with van der Waals surface area (Å²) in [5.74, 6) is 1.69. The van der Waals surface area contributed by atoms with Crippen molar-refractivity contribution < 1.29 is 0 Å². The number of rotatable bonds is 2. The highest BCUT2D eigenvalue weighted by molar-refractivity contribution is 6.17. The van der Waals surface area contributed by atoms with Crippen molar-refractivity contribution in [2.24, 2.45) is 5.92 Å². The van der Waals surface area contributed by atoms with Crippen LogP contribution in [0.1, 0.15) is 12.8 Å². The van der Waals surface area contributed by atoms with E-state index in [0.717, 1.165) is 11.8 Å². The van der Waals surface area contributed by atoms with Gasteiger partial charge in [-0.25, -0.2) is 0 Å². The smallest absolute Gasteiger partial charge is 0.0226 e. The minimum atomic E-state index is 0. The molecule has 1 aliphatic rings. The molecule has 0 aromatic carbocycles. The van der Waals surface area contributed by atoms with Crippen molar-refractivity contribution in [3.63, 3.8) is 0 Å². The molecule has 1 unspecified atom stereocenters. The van der Waals surface area contributed by atoms with Crippen LogP contribution in [-0.4, -0.2) is 19.0 Å². The highest BCUT2D eigenvalue weighted by atomic mass is 35.5. The minimum absolute atomic E-state index is 0. The lowest BCUT2D eigenvalue weighted by molar-refractivity contribution is 0.566. The molecule has 0 radical (unpaired) electrons. The van der Waals surface area contributed by atoms with Crippen LogP contribution in [0.5, 0.6) is 0 Å². The molecular formula is C6H13Cl2N. The van der Waals surface area contributed by atoms with Gasteiger partial charge in [0.05, 0.1) is 0 Å². The van der Waals surface area contributed by atoms with Gasteiger partial charge < -0.3 is 5.32 Å². The van der Waals surface area contributed by atoms with Crippen LogP contribution < -0.4 is 5.32 Å². The fraction of sp³-hybridized carbons (Fsp3) is 1.00. The first-order chi connectivity index (χ1) is 3.93. The molecule has 0 spiro atoms. The van der Waals surface area contributed by atoms with Crippen LogP contribution in [0.25, 0.3) is 0 Å². The molecule has 0 saturated carbocycles. The molecule has 9 heavy (non-hydrogen) atoms. The number of alkyl halides is 1. The topological polar surface area (TPSA) is 12.0 Å². The zero-order valence-electron chi connectivity index (χ0n) is 5.40. The van der Waals surface area contributed by atoms with Gasteiger partial charge in [0.25, 0.3) is 0 Å². The number of hydrogen-bond acceptors (Lipinski definition) is 1. The van der Waals surface area contributed by atoms with Crippen molar-refractivity contribution in [1.82, 2.24) is 5.32 Å². The molecule has 1 heterocycles. The van der Waals surface area contributed by atoms with Crippen LogP contribution in [0.2, 0.25) is 0 Å². The summed E-state index contributed by atoms with van der Waals surface area (Å²) in [5, 5.41) is 3.30. The van der Waals surface area contributed by atoms with Crippen LogP contribution in [0.4, 0.5) is 0 Å². The van der Waals surface area contributed by atoms with E-state index in [1.54, 1.807) is 0 Å². The van der Waals surface area contributed by atoms with E-state index in [0.29, 0.717) is 0 Å². The maximum atomic E-state index is 5.55. The standard InChI is InChI=1S/C6H12ClN.ClH/c7-3-1-6-2-4-8-5-6;/h6,8H,1-5H2;1H. The summed E-state index contributed by atoms with van der Waals surface area (Å²) in [5.41, 5.74) is 0. The lowest BCUT2D eigenvalue weighted by atomic mass is 10.1. The first kappa shape index (κ1) is 9.54. The molecule has 1 N–H and O–H groups in total. The van der Waals surface area contributed by atoms with Crippen molar-refractivity contribution in [2.75, 3.05) is 19.0 Å². The Kier molecular flexibility index (Phi) is 5.65. The van der Waals surface area contributed by atoms with Crippen LogP contribution >= 0.6 is 24.0 Å². The molecule has 56 valence electrons. The quantitative estimate of drug-likeness (QED) is 0.621. The number of halogens is 2. The molecule has 1 saturated heterocycles. The van der Waals surface area contributed by atoms with E-state index in [1.807, 2.05) is 0 Å². The Bertz CT molecular complexity index is 62.1. The largest absolute Gasteiger partial charge is 0.316 e. The zero-order valence-corrected chi connectivity index (χ0v) is 6.97. The van der Waals surface area contributed by atoms with Crippen LogP contribution in [0, 0.1) is 5.92 Å². The summed E-state index contributed by atoms with van der Waals surface area (Å²) in [4.78, 5) is 0. The van der Waals surface area contributed by atoms with E-state index in [1.165, 1.54) is 25.9 Å². The van der Waals surface area contributed by atoms with Gasteiger partial charge in [-0.15, -0.1) is 24.0 Å². The molecule has 1 aliphatic heterocycles. The lowest BCUT2D eigenvalue weighted by Crippen LogP contribution is -2.08. The summed E-state index contributed by atoms with van der Waals surface area (Å²) in [6.07, 6.45) is 2.52. The third-order valence-electron chi connectivity index (χ3n) is 1.68. The number of hydrogen-bond donors (Lipinski definition) is 1. The van der Waals surface area contributed by atoms with Crippen LogP contribution in [-0.2, 0) is 0 Å². The predicted octanol–water partition coefficient (Wildman–Crippen LogP) is 1.65. The van der Waals surface area contributed by atoms with E-state index in [4.69, 9.17) is 11.6 Å². The van der Waals surface area contributed by atoms with Gasteiger partial charge in [-0.05, 0) is 31.8 Å². The molecule has 1 nitrogen and oxygen atoms in total. The summed E-state index contributed by atoms with van der Waals surface area (Å²) in [6, 6.07) is 0. The Morgan fingerprint density at radius 1 is 1.56 bits per heavy atom. The second-order valence-electron chi connectivity index (χ2n) is 2.34.